The Hall–Kier alpha value is -1.08. The molecular weight excluding hydrogens is 322 g/mol. The van der Waals surface area contributed by atoms with E-state index in [1.54, 1.807) is 0 Å². The van der Waals surface area contributed by atoms with E-state index >= 15 is 0 Å². The Morgan fingerprint density at radius 3 is 1.42 bits per heavy atom. The van der Waals surface area contributed by atoms with E-state index in [1.165, 1.54) is 16.7 Å². The summed E-state index contributed by atoms with van der Waals surface area (Å²) in [6.07, 6.45) is 3.95. The van der Waals surface area contributed by atoms with Gasteiger partial charge in [0.25, 0.3) is 10.1 Å². The van der Waals surface area contributed by atoms with Crippen LogP contribution in [0.5, 0.6) is 5.75 Å². The molecule has 1 aromatic carbocycles. The van der Waals surface area contributed by atoms with Crippen LogP contribution in [0, 0.1) is 0 Å². The summed E-state index contributed by atoms with van der Waals surface area (Å²) in [4.78, 5) is 12.0. The first kappa shape index (κ1) is 21.0. The summed E-state index contributed by atoms with van der Waals surface area (Å²) in [6, 6.07) is 0. The third-order valence-electron chi connectivity index (χ3n) is 4.29. The SMILES string of the molecule is BCc1c(CB)c(CB)c(OC(=O)CS(=O)(=O)O)c(CB)c1CB. The van der Waals surface area contributed by atoms with Crippen molar-refractivity contribution >= 4 is 55.3 Å². The molecule has 0 aliphatic rings. The van der Waals surface area contributed by atoms with Crippen molar-refractivity contribution < 1.29 is 22.5 Å². The van der Waals surface area contributed by atoms with Crippen LogP contribution in [0.15, 0.2) is 0 Å². The predicted molar refractivity (Wildman–Crippen MR) is 110 cm³/mol. The molecule has 0 aliphatic heterocycles. The molecule has 0 unspecified atom stereocenters. The highest BCUT2D eigenvalue weighted by molar-refractivity contribution is 7.86. The number of hydrogen-bond donors (Lipinski definition) is 1. The largest absolute Gasteiger partial charge is 0.425 e. The number of carbonyl (C=O) groups excluding carboxylic acids is 1. The molecule has 0 spiro atoms. The molecule has 0 saturated heterocycles. The van der Waals surface area contributed by atoms with Crippen molar-refractivity contribution in [1.82, 2.24) is 0 Å². The topological polar surface area (TPSA) is 80.7 Å². The van der Waals surface area contributed by atoms with Crippen molar-refractivity contribution in [1.29, 1.82) is 0 Å². The monoisotopic (exact) mass is 346 g/mol. The van der Waals surface area contributed by atoms with Gasteiger partial charge in [-0.25, -0.2) is 0 Å². The van der Waals surface area contributed by atoms with Gasteiger partial charge >= 0.3 is 5.97 Å². The van der Waals surface area contributed by atoms with Crippen LogP contribution < -0.4 is 4.74 Å². The summed E-state index contributed by atoms with van der Waals surface area (Å²) < 4.78 is 36.2. The molecule has 0 aromatic heterocycles. The highest BCUT2D eigenvalue weighted by Crippen LogP contribution is 2.35. The van der Waals surface area contributed by atoms with Crippen molar-refractivity contribution in [3.8, 4) is 5.75 Å². The van der Waals surface area contributed by atoms with Crippen LogP contribution in [0.25, 0.3) is 0 Å². The maximum Gasteiger partial charge on any atom is 0.329 e. The molecule has 0 heterocycles. The van der Waals surface area contributed by atoms with Gasteiger partial charge in [-0.3, -0.25) is 9.35 Å². The molecule has 11 heteroatoms. The standard InChI is InChI=1S/C13H23B5O5S/c14-1-7-8(2-15)10(4-17)13(11(5-18)9(7)3-16)23-12(19)6-24(20,21)22/h1-6,14-18H2,(H,20,21,22). The van der Waals surface area contributed by atoms with Gasteiger partial charge in [0.2, 0.25) is 0 Å². The van der Waals surface area contributed by atoms with Gasteiger partial charge in [0.15, 0.2) is 5.75 Å². The summed E-state index contributed by atoms with van der Waals surface area (Å²) in [5, 5.41) is 0. The van der Waals surface area contributed by atoms with E-state index in [1.807, 2.05) is 15.7 Å². The van der Waals surface area contributed by atoms with Crippen LogP contribution in [0.2, 0.25) is 0 Å². The van der Waals surface area contributed by atoms with Gasteiger partial charge < -0.3 is 4.74 Å². The van der Waals surface area contributed by atoms with Crippen molar-refractivity contribution in [3.63, 3.8) is 0 Å². The van der Waals surface area contributed by atoms with Crippen molar-refractivity contribution in [2.75, 3.05) is 5.75 Å². The molecule has 1 aromatic rings. The van der Waals surface area contributed by atoms with Crippen LogP contribution in [0.4, 0.5) is 0 Å². The van der Waals surface area contributed by atoms with E-state index in [-0.39, 0.29) is 0 Å². The lowest BCUT2D eigenvalue weighted by atomic mass is 9.72. The molecule has 126 valence electrons. The van der Waals surface area contributed by atoms with E-state index in [9.17, 15) is 13.2 Å². The molecule has 1 rings (SSSR count). The Kier molecular flexibility index (Phi) is 7.74. The van der Waals surface area contributed by atoms with Crippen LogP contribution in [-0.2, 0) is 46.5 Å². The smallest absolute Gasteiger partial charge is 0.329 e. The zero-order chi connectivity index (χ0) is 18.5. The Balaban J connectivity index is 3.59. The maximum atomic E-state index is 12.0. The number of carbonyl (C=O) groups is 1. The Bertz CT molecular complexity index is 687. The van der Waals surface area contributed by atoms with Crippen LogP contribution in [0.1, 0.15) is 27.8 Å². The highest BCUT2D eigenvalue weighted by Gasteiger charge is 2.23. The highest BCUT2D eigenvalue weighted by atomic mass is 32.2. The second-order valence-corrected chi connectivity index (χ2v) is 7.14. The molecule has 0 saturated carbocycles. The number of rotatable bonds is 8. The number of esters is 1. The molecule has 0 atom stereocenters. The third kappa shape index (κ3) is 4.73. The summed E-state index contributed by atoms with van der Waals surface area (Å²) >= 11 is 0. The first-order valence-electron chi connectivity index (χ1n) is 8.57. The molecule has 0 fully saturated rings. The van der Waals surface area contributed by atoms with Crippen LogP contribution >= 0.6 is 0 Å². The van der Waals surface area contributed by atoms with Gasteiger partial charge in [-0.2, -0.15) is 8.42 Å². The van der Waals surface area contributed by atoms with Crippen LogP contribution in [0.3, 0.4) is 0 Å². The first-order valence-corrected chi connectivity index (χ1v) is 10.2. The average Bonchev–Trinajstić information content (AvgIpc) is 2.50. The lowest BCUT2D eigenvalue weighted by molar-refractivity contribution is -0.131. The molecule has 5 nitrogen and oxygen atoms in total. The number of benzene rings is 1. The molecule has 0 aliphatic carbocycles. The molecule has 0 radical (unpaired) electrons. The predicted octanol–water partition coefficient (Wildman–Crippen LogP) is -3.85. The van der Waals surface area contributed by atoms with Gasteiger partial charge in [0.05, 0.1) is 0 Å². The summed E-state index contributed by atoms with van der Waals surface area (Å²) in [5.74, 6) is -1.49. The van der Waals surface area contributed by atoms with E-state index in [0.29, 0.717) is 18.4 Å². The fraction of sp³-hybridized carbons (Fsp3) is 0.462. The number of ether oxygens (including phenoxy) is 1. The average molecular weight is 345 g/mol. The second kappa shape index (κ2) is 8.86. The molecule has 0 amide bonds. The zero-order valence-corrected chi connectivity index (χ0v) is 16.0. The Morgan fingerprint density at radius 2 is 1.12 bits per heavy atom. The van der Waals surface area contributed by atoms with Gasteiger partial charge in [0, 0.05) is 0 Å². The van der Waals surface area contributed by atoms with E-state index < -0.39 is 21.8 Å². The fourth-order valence-corrected chi connectivity index (χ4v) is 3.80. The minimum atomic E-state index is -4.40. The minimum absolute atomic E-state index is 0.486. The van der Waals surface area contributed by atoms with Crippen molar-refractivity contribution in [3.05, 3.63) is 27.8 Å². The molecule has 1 N–H and O–H groups in total. The Morgan fingerprint density at radius 1 is 0.792 bits per heavy atom. The van der Waals surface area contributed by atoms with Crippen molar-refractivity contribution in [2.24, 2.45) is 0 Å². The van der Waals surface area contributed by atoms with Crippen LogP contribution in [-0.4, -0.2) is 63.9 Å². The van der Waals surface area contributed by atoms with Gasteiger partial charge in [0.1, 0.15) is 45.0 Å². The molecular formula is C13H23B5O5S. The molecule has 24 heavy (non-hydrogen) atoms. The van der Waals surface area contributed by atoms with E-state index in [0.717, 1.165) is 30.1 Å². The van der Waals surface area contributed by atoms with Crippen molar-refractivity contribution in [2.45, 2.75) is 31.6 Å². The fourth-order valence-electron chi connectivity index (χ4n) is 3.45. The van der Waals surface area contributed by atoms with Gasteiger partial charge in [-0.05, 0) is 22.3 Å². The lowest BCUT2D eigenvalue weighted by Gasteiger charge is -2.24. The maximum absolute atomic E-state index is 12.0. The normalized spacial score (nSPS) is 11.4. The van der Waals surface area contributed by atoms with E-state index in [2.05, 4.69) is 23.5 Å². The lowest BCUT2D eigenvalue weighted by Crippen LogP contribution is -2.23. The first-order chi connectivity index (χ1) is 11.2. The third-order valence-corrected chi connectivity index (χ3v) is 4.89. The summed E-state index contributed by atoms with van der Waals surface area (Å²) in [5.41, 5.74) is 5.61. The number of hydrogen-bond acceptors (Lipinski definition) is 4. The molecule has 0 bridgehead atoms. The minimum Gasteiger partial charge on any atom is -0.425 e. The van der Waals surface area contributed by atoms with Gasteiger partial charge in [-0.15, -0.1) is 0 Å². The zero-order valence-electron chi connectivity index (χ0n) is 15.2. The summed E-state index contributed by atoms with van der Waals surface area (Å²) in [7, 11) is 5.86. The van der Waals surface area contributed by atoms with E-state index in [4.69, 9.17) is 9.29 Å². The second-order valence-electron chi connectivity index (χ2n) is 5.69. The summed E-state index contributed by atoms with van der Waals surface area (Å²) in [6.45, 7) is 0. The quantitative estimate of drug-likeness (QED) is 0.226. The Labute approximate surface area is 149 Å². The van der Waals surface area contributed by atoms with Gasteiger partial charge in [-0.1, -0.05) is 37.2 Å².